The van der Waals surface area contributed by atoms with Gasteiger partial charge in [0.1, 0.15) is 0 Å². The van der Waals surface area contributed by atoms with Gasteiger partial charge in [0.05, 0.1) is 6.61 Å². The third-order valence-electron chi connectivity index (χ3n) is 4.25. The minimum atomic E-state index is 0.00295. The summed E-state index contributed by atoms with van der Waals surface area (Å²) in [5.74, 6) is 0.00295. The van der Waals surface area contributed by atoms with Gasteiger partial charge in [0.25, 0.3) is 0 Å². The standard InChI is InChI=1S/C20H40O2/c1-3-5-7-8-9-10-11-12-13-14-15-16-18-20(21)22-19-17-6-4-2/h3-19H2,1-2H3. The van der Waals surface area contributed by atoms with Gasteiger partial charge in [-0.25, -0.2) is 0 Å². The fourth-order valence-corrected chi connectivity index (χ4v) is 2.72. The van der Waals surface area contributed by atoms with Crippen LogP contribution in [0.1, 0.15) is 117 Å². The van der Waals surface area contributed by atoms with Gasteiger partial charge in [-0.2, -0.15) is 0 Å². The van der Waals surface area contributed by atoms with Crippen molar-refractivity contribution in [1.29, 1.82) is 0 Å². The second-order valence-electron chi connectivity index (χ2n) is 6.57. The van der Waals surface area contributed by atoms with Gasteiger partial charge in [-0.1, -0.05) is 97.3 Å². The van der Waals surface area contributed by atoms with E-state index in [0.717, 1.165) is 19.3 Å². The van der Waals surface area contributed by atoms with E-state index >= 15 is 0 Å². The summed E-state index contributed by atoms with van der Waals surface area (Å²) in [7, 11) is 0. The van der Waals surface area contributed by atoms with Crippen molar-refractivity contribution >= 4 is 5.97 Å². The molecule has 0 saturated carbocycles. The van der Waals surface area contributed by atoms with Gasteiger partial charge in [0, 0.05) is 6.42 Å². The molecule has 0 aliphatic carbocycles. The summed E-state index contributed by atoms with van der Waals surface area (Å²) in [6.45, 7) is 5.05. The first kappa shape index (κ1) is 21.5. The Hall–Kier alpha value is -0.530. The maximum atomic E-state index is 11.5. The molecule has 0 fully saturated rings. The van der Waals surface area contributed by atoms with Crippen LogP contribution in [0.25, 0.3) is 0 Å². The average molecular weight is 313 g/mol. The van der Waals surface area contributed by atoms with Crippen LogP contribution in [-0.4, -0.2) is 12.6 Å². The van der Waals surface area contributed by atoms with Crippen molar-refractivity contribution < 1.29 is 9.53 Å². The number of hydrogen-bond donors (Lipinski definition) is 0. The summed E-state index contributed by atoms with van der Waals surface area (Å²) in [5.41, 5.74) is 0. The van der Waals surface area contributed by atoms with E-state index in [1.165, 1.54) is 77.0 Å². The van der Waals surface area contributed by atoms with E-state index in [2.05, 4.69) is 13.8 Å². The Morgan fingerprint density at radius 1 is 0.591 bits per heavy atom. The second-order valence-corrected chi connectivity index (χ2v) is 6.57. The van der Waals surface area contributed by atoms with Gasteiger partial charge < -0.3 is 4.74 Å². The molecule has 0 unspecified atom stereocenters. The molecule has 0 radical (unpaired) electrons. The lowest BCUT2D eigenvalue weighted by atomic mass is 10.0. The molecule has 0 atom stereocenters. The summed E-state index contributed by atoms with van der Waals surface area (Å²) in [6, 6.07) is 0. The molecule has 2 heteroatoms. The van der Waals surface area contributed by atoms with Gasteiger partial charge in [0.2, 0.25) is 0 Å². The van der Waals surface area contributed by atoms with Gasteiger partial charge in [-0.15, -0.1) is 0 Å². The molecule has 2 nitrogen and oxygen atoms in total. The lowest BCUT2D eigenvalue weighted by molar-refractivity contribution is -0.143. The molecular formula is C20H40O2. The maximum absolute atomic E-state index is 11.5. The van der Waals surface area contributed by atoms with Crippen molar-refractivity contribution in [3.63, 3.8) is 0 Å². The summed E-state index contributed by atoms with van der Waals surface area (Å²) >= 11 is 0. The van der Waals surface area contributed by atoms with E-state index in [0.29, 0.717) is 13.0 Å². The highest BCUT2D eigenvalue weighted by atomic mass is 16.5. The van der Waals surface area contributed by atoms with Crippen LogP contribution in [0, 0.1) is 0 Å². The van der Waals surface area contributed by atoms with E-state index in [4.69, 9.17) is 4.74 Å². The summed E-state index contributed by atoms with van der Waals surface area (Å²) in [5, 5.41) is 0. The summed E-state index contributed by atoms with van der Waals surface area (Å²) < 4.78 is 5.21. The molecular weight excluding hydrogens is 272 g/mol. The maximum Gasteiger partial charge on any atom is 0.305 e. The third-order valence-corrected chi connectivity index (χ3v) is 4.25. The zero-order valence-corrected chi connectivity index (χ0v) is 15.3. The Kier molecular flexibility index (Phi) is 18.1. The largest absolute Gasteiger partial charge is 0.466 e. The van der Waals surface area contributed by atoms with E-state index in [9.17, 15) is 4.79 Å². The highest BCUT2D eigenvalue weighted by Gasteiger charge is 2.02. The molecule has 0 spiro atoms. The minimum Gasteiger partial charge on any atom is -0.466 e. The number of rotatable bonds is 17. The smallest absolute Gasteiger partial charge is 0.305 e. The molecule has 0 aromatic heterocycles. The van der Waals surface area contributed by atoms with Crippen molar-refractivity contribution in [2.75, 3.05) is 6.61 Å². The predicted octanol–water partition coefficient (Wildman–Crippen LogP) is 6.81. The summed E-state index contributed by atoms with van der Waals surface area (Å²) in [6.07, 6.45) is 19.9. The number of carbonyl (C=O) groups is 1. The number of unbranched alkanes of at least 4 members (excludes halogenated alkanes) is 13. The number of ether oxygens (including phenoxy) is 1. The molecule has 0 aromatic carbocycles. The SMILES string of the molecule is CCCCCCCCCCCCCCC(=O)OCCCCC. The molecule has 22 heavy (non-hydrogen) atoms. The molecule has 0 heterocycles. The van der Waals surface area contributed by atoms with Crippen molar-refractivity contribution in [3.8, 4) is 0 Å². The van der Waals surface area contributed by atoms with Crippen LogP contribution in [0.2, 0.25) is 0 Å². The van der Waals surface area contributed by atoms with Gasteiger partial charge in [0.15, 0.2) is 0 Å². The minimum absolute atomic E-state index is 0.00295. The van der Waals surface area contributed by atoms with Crippen LogP contribution in [-0.2, 0) is 9.53 Å². The van der Waals surface area contributed by atoms with Crippen LogP contribution in [0.4, 0.5) is 0 Å². The van der Waals surface area contributed by atoms with Crippen molar-refractivity contribution in [2.45, 2.75) is 117 Å². The Bertz CT molecular complexity index is 226. The highest BCUT2D eigenvalue weighted by molar-refractivity contribution is 5.69. The molecule has 132 valence electrons. The van der Waals surface area contributed by atoms with Crippen LogP contribution in [0.15, 0.2) is 0 Å². The predicted molar refractivity (Wildman–Crippen MR) is 96.2 cm³/mol. The molecule has 0 bridgehead atoms. The quantitative estimate of drug-likeness (QED) is 0.218. The first-order valence-electron chi connectivity index (χ1n) is 9.96. The Morgan fingerprint density at radius 2 is 1.00 bits per heavy atom. The highest BCUT2D eigenvalue weighted by Crippen LogP contribution is 2.12. The zero-order chi connectivity index (χ0) is 16.3. The molecule has 0 N–H and O–H groups in total. The third kappa shape index (κ3) is 17.5. The first-order chi connectivity index (χ1) is 10.8. The van der Waals surface area contributed by atoms with Crippen LogP contribution < -0.4 is 0 Å². The van der Waals surface area contributed by atoms with Gasteiger partial charge in [-0.3, -0.25) is 4.79 Å². The van der Waals surface area contributed by atoms with E-state index in [-0.39, 0.29) is 5.97 Å². The molecule has 0 amide bonds. The van der Waals surface area contributed by atoms with Gasteiger partial charge >= 0.3 is 5.97 Å². The lowest BCUT2D eigenvalue weighted by Gasteiger charge is -2.04. The Labute approximate surface area is 139 Å². The van der Waals surface area contributed by atoms with E-state index in [1.54, 1.807) is 0 Å². The second kappa shape index (κ2) is 18.5. The molecule has 0 aromatic rings. The van der Waals surface area contributed by atoms with Crippen LogP contribution >= 0.6 is 0 Å². The Balaban J connectivity index is 3.08. The fraction of sp³-hybridized carbons (Fsp3) is 0.950. The molecule has 0 aliphatic rings. The van der Waals surface area contributed by atoms with Crippen LogP contribution in [0.3, 0.4) is 0 Å². The molecule has 0 saturated heterocycles. The zero-order valence-electron chi connectivity index (χ0n) is 15.3. The fourth-order valence-electron chi connectivity index (χ4n) is 2.72. The average Bonchev–Trinajstić information content (AvgIpc) is 2.52. The topological polar surface area (TPSA) is 26.3 Å². The van der Waals surface area contributed by atoms with E-state index in [1.807, 2.05) is 0 Å². The van der Waals surface area contributed by atoms with E-state index < -0.39 is 0 Å². The summed E-state index contributed by atoms with van der Waals surface area (Å²) in [4.78, 5) is 11.5. The van der Waals surface area contributed by atoms with Crippen molar-refractivity contribution in [2.24, 2.45) is 0 Å². The monoisotopic (exact) mass is 312 g/mol. The normalized spacial score (nSPS) is 10.8. The number of carbonyl (C=O) groups excluding carboxylic acids is 1. The molecule has 0 rings (SSSR count). The number of esters is 1. The lowest BCUT2D eigenvalue weighted by Crippen LogP contribution is -2.05. The Morgan fingerprint density at radius 3 is 1.50 bits per heavy atom. The van der Waals surface area contributed by atoms with Crippen LogP contribution in [0.5, 0.6) is 0 Å². The van der Waals surface area contributed by atoms with Crippen molar-refractivity contribution in [1.82, 2.24) is 0 Å². The first-order valence-corrected chi connectivity index (χ1v) is 9.96. The van der Waals surface area contributed by atoms with Gasteiger partial charge in [-0.05, 0) is 12.8 Å². The number of hydrogen-bond acceptors (Lipinski definition) is 2. The molecule has 0 aliphatic heterocycles. The van der Waals surface area contributed by atoms with Crippen molar-refractivity contribution in [3.05, 3.63) is 0 Å².